The summed E-state index contributed by atoms with van der Waals surface area (Å²) in [5.74, 6) is -1.29. The lowest BCUT2D eigenvalue weighted by Crippen LogP contribution is -2.23. The molecule has 0 aliphatic carbocycles. The number of hydrogen-bond donors (Lipinski definition) is 1. The number of nitrogens with one attached hydrogen (secondary N) is 1. The lowest BCUT2D eigenvalue weighted by atomic mass is 10.1. The van der Waals surface area contributed by atoms with Gasteiger partial charge in [-0.3, -0.25) is 9.69 Å². The van der Waals surface area contributed by atoms with Crippen LogP contribution in [-0.2, 0) is 20.9 Å². The van der Waals surface area contributed by atoms with Gasteiger partial charge in [0, 0.05) is 18.0 Å². The van der Waals surface area contributed by atoms with Crippen LogP contribution in [0.15, 0.2) is 23.6 Å². The van der Waals surface area contributed by atoms with Crippen molar-refractivity contribution in [2.24, 2.45) is 0 Å². The number of thiazole rings is 1. The van der Waals surface area contributed by atoms with Crippen LogP contribution in [0.25, 0.3) is 0 Å². The van der Waals surface area contributed by atoms with Crippen LogP contribution in [0.5, 0.6) is 0 Å². The van der Waals surface area contributed by atoms with Crippen LogP contribution in [0.4, 0.5) is 10.8 Å². The number of aryl methyl sites for hydroxylation is 3. The predicted molar refractivity (Wildman–Crippen MR) is 122 cm³/mol. The molecule has 3 rings (SSSR count). The monoisotopic (exact) mass is 455 g/mol. The predicted octanol–water partition coefficient (Wildman–Crippen LogP) is 4.53. The van der Waals surface area contributed by atoms with Crippen LogP contribution in [0, 0.1) is 27.7 Å². The van der Waals surface area contributed by atoms with Gasteiger partial charge in [0.15, 0.2) is 5.13 Å². The highest BCUT2D eigenvalue weighted by Crippen LogP contribution is 2.32. The summed E-state index contributed by atoms with van der Waals surface area (Å²) in [6.07, 6.45) is 0. The molecular formula is C23H25N3O5S. The Morgan fingerprint density at radius 3 is 2.47 bits per heavy atom. The third-order valence-electron chi connectivity index (χ3n) is 5.02. The smallest absolute Gasteiger partial charge is 0.355 e. The summed E-state index contributed by atoms with van der Waals surface area (Å²) in [6.45, 7) is 8.69. The van der Waals surface area contributed by atoms with E-state index in [0.717, 1.165) is 16.8 Å². The van der Waals surface area contributed by atoms with Gasteiger partial charge in [0.25, 0.3) is 0 Å². The number of hydrogen-bond acceptors (Lipinski definition) is 7. The van der Waals surface area contributed by atoms with E-state index < -0.39 is 11.9 Å². The van der Waals surface area contributed by atoms with Gasteiger partial charge < -0.3 is 14.5 Å². The fourth-order valence-electron chi connectivity index (χ4n) is 3.50. The van der Waals surface area contributed by atoms with Gasteiger partial charge >= 0.3 is 11.9 Å². The fourth-order valence-corrected chi connectivity index (χ4v) is 4.37. The molecule has 0 spiro atoms. The van der Waals surface area contributed by atoms with Gasteiger partial charge in [-0.25, -0.2) is 14.6 Å². The van der Waals surface area contributed by atoms with Crippen molar-refractivity contribution in [3.05, 3.63) is 62.9 Å². The highest BCUT2D eigenvalue weighted by atomic mass is 32.1. The maximum Gasteiger partial charge on any atom is 0.355 e. The Balaban J connectivity index is 1.77. The summed E-state index contributed by atoms with van der Waals surface area (Å²) in [6, 6.07) is 5.84. The summed E-state index contributed by atoms with van der Waals surface area (Å²) in [4.78, 5) is 45.8. The van der Waals surface area contributed by atoms with E-state index >= 15 is 0 Å². The molecule has 2 heterocycles. The number of benzene rings is 1. The van der Waals surface area contributed by atoms with E-state index in [2.05, 4.69) is 9.97 Å². The highest BCUT2D eigenvalue weighted by molar-refractivity contribution is 7.14. The van der Waals surface area contributed by atoms with Gasteiger partial charge in [0.1, 0.15) is 12.3 Å². The number of nitrogens with zero attached hydrogens (tertiary/aromatic N) is 2. The molecule has 0 saturated heterocycles. The van der Waals surface area contributed by atoms with Gasteiger partial charge in [-0.05, 0) is 44.9 Å². The molecule has 32 heavy (non-hydrogen) atoms. The molecule has 0 atom stereocenters. The molecule has 8 nitrogen and oxygen atoms in total. The first-order valence-electron chi connectivity index (χ1n) is 9.91. The van der Waals surface area contributed by atoms with Crippen LogP contribution < -0.4 is 4.90 Å². The molecule has 0 saturated carbocycles. The van der Waals surface area contributed by atoms with E-state index in [1.165, 1.54) is 25.4 Å². The van der Waals surface area contributed by atoms with Crippen LogP contribution in [0.2, 0.25) is 0 Å². The van der Waals surface area contributed by atoms with Gasteiger partial charge in [-0.15, -0.1) is 11.3 Å². The van der Waals surface area contributed by atoms with Crippen molar-refractivity contribution >= 4 is 40.0 Å². The van der Waals surface area contributed by atoms with E-state index in [-0.39, 0.29) is 18.2 Å². The molecular weight excluding hydrogens is 430 g/mol. The van der Waals surface area contributed by atoms with E-state index in [0.29, 0.717) is 27.6 Å². The van der Waals surface area contributed by atoms with E-state index in [9.17, 15) is 14.4 Å². The number of carbonyl (C=O) groups excluding carboxylic acids is 3. The topological polar surface area (TPSA) is 102 Å². The molecule has 0 bridgehead atoms. The van der Waals surface area contributed by atoms with Gasteiger partial charge in [-0.2, -0.15) is 0 Å². The first-order valence-corrected chi connectivity index (χ1v) is 10.8. The zero-order valence-corrected chi connectivity index (χ0v) is 19.7. The summed E-state index contributed by atoms with van der Waals surface area (Å²) in [5.41, 5.74) is 4.85. The van der Waals surface area contributed by atoms with Gasteiger partial charge in [0.05, 0.1) is 24.1 Å². The summed E-state index contributed by atoms with van der Waals surface area (Å²) in [5, 5.41) is 2.24. The fraction of sp³-hybridized carbons (Fsp3) is 0.304. The number of amides is 1. The molecule has 0 aliphatic rings. The van der Waals surface area contributed by atoms with Crippen molar-refractivity contribution < 1.29 is 23.9 Å². The second kappa shape index (κ2) is 9.35. The standard InChI is InChI=1S/C23H25N3O5S/c1-12-7-8-18(13(2)9-12)26(16(5)27)23-25-17(11-32-23)10-31-22(29)20-14(3)19(15(4)24-20)21(28)30-6/h7-9,11,24H,10H2,1-6H3. The number of aromatic amines is 1. The largest absolute Gasteiger partial charge is 0.465 e. The number of methoxy groups -OCH3 is 1. The van der Waals surface area contributed by atoms with Crippen molar-refractivity contribution in [1.82, 2.24) is 9.97 Å². The zero-order chi connectivity index (χ0) is 23.6. The van der Waals surface area contributed by atoms with Crippen molar-refractivity contribution in [1.29, 1.82) is 0 Å². The van der Waals surface area contributed by atoms with E-state index in [4.69, 9.17) is 9.47 Å². The third kappa shape index (κ3) is 4.57. The first kappa shape index (κ1) is 23.2. The Morgan fingerprint density at radius 2 is 1.84 bits per heavy atom. The van der Waals surface area contributed by atoms with Crippen molar-refractivity contribution in [2.45, 2.75) is 41.2 Å². The second-order valence-corrected chi connectivity index (χ2v) is 8.30. The van der Waals surface area contributed by atoms with Crippen molar-refractivity contribution in [2.75, 3.05) is 12.0 Å². The number of H-pyrrole nitrogens is 1. The molecule has 168 valence electrons. The normalized spacial score (nSPS) is 10.7. The minimum Gasteiger partial charge on any atom is -0.465 e. The van der Waals surface area contributed by atoms with Crippen molar-refractivity contribution in [3.8, 4) is 0 Å². The molecule has 1 aromatic carbocycles. The molecule has 1 N–H and O–H groups in total. The lowest BCUT2D eigenvalue weighted by Gasteiger charge is -2.20. The number of carbonyl (C=O) groups is 3. The molecule has 3 aromatic rings. The summed E-state index contributed by atoms with van der Waals surface area (Å²) < 4.78 is 10.2. The highest BCUT2D eigenvalue weighted by Gasteiger charge is 2.24. The third-order valence-corrected chi connectivity index (χ3v) is 5.90. The molecule has 1 amide bonds. The molecule has 0 radical (unpaired) electrons. The molecule has 2 aromatic heterocycles. The quantitative estimate of drug-likeness (QED) is 0.548. The second-order valence-electron chi connectivity index (χ2n) is 7.46. The zero-order valence-electron chi connectivity index (χ0n) is 18.9. The Labute approximate surface area is 190 Å². The van der Waals surface area contributed by atoms with E-state index in [1.54, 1.807) is 24.1 Å². The average Bonchev–Trinajstić information content (AvgIpc) is 3.31. The minimum atomic E-state index is -0.604. The number of ether oxygens (including phenoxy) is 2. The summed E-state index contributed by atoms with van der Waals surface area (Å²) >= 11 is 1.29. The average molecular weight is 456 g/mol. The number of esters is 2. The maximum atomic E-state index is 12.6. The van der Waals surface area contributed by atoms with E-state index in [1.807, 2.05) is 32.0 Å². The molecule has 0 aliphatic heterocycles. The molecule has 0 unspecified atom stereocenters. The minimum absolute atomic E-state index is 0.0704. The number of anilines is 2. The van der Waals surface area contributed by atoms with Crippen LogP contribution in [-0.4, -0.2) is 34.9 Å². The Hall–Kier alpha value is -3.46. The lowest BCUT2D eigenvalue weighted by molar-refractivity contribution is -0.115. The summed E-state index contributed by atoms with van der Waals surface area (Å²) in [7, 11) is 1.29. The van der Waals surface area contributed by atoms with Crippen LogP contribution in [0.3, 0.4) is 0 Å². The Morgan fingerprint density at radius 1 is 1.12 bits per heavy atom. The maximum absolute atomic E-state index is 12.6. The van der Waals surface area contributed by atoms with Crippen molar-refractivity contribution in [3.63, 3.8) is 0 Å². The van der Waals surface area contributed by atoms with Crippen LogP contribution in [0.1, 0.15) is 55.8 Å². The first-order chi connectivity index (χ1) is 15.1. The number of rotatable bonds is 6. The Bertz CT molecular complexity index is 1190. The van der Waals surface area contributed by atoms with Gasteiger partial charge in [-0.1, -0.05) is 17.7 Å². The van der Waals surface area contributed by atoms with Crippen LogP contribution >= 0.6 is 11.3 Å². The Kier molecular flexibility index (Phi) is 6.78. The number of aromatic nitrogens is 2. The molecule has 0 fully saturated rings. The SMILES string of the molecule is COC(=O)c1c(C)[nH]c(C(=O)OCc2csc(N(C(C)=O)c3ccc(C)cc3C)n2)c1C. The van der Waals surface area contributed by atoms with Gasteiger partial charge in [0.2, 0.25) is 5.91 Å². The molecule has 9 heteroatoms.